The summed E-state index contributed by atoms with van der Waals surface area (Å²) in [7, 11) is 0. The fraction of sp³-hybridized carbons (Fsp3) is 0. The van der Waals surface area contributed by atoms with Gasteiger partial charge in [-0.3, -0.25) is 0 Å². The van der Waals surface area contributed by atoms with E-state index in [9.17, 15) is 0 Å². The van der Waals surface area contributed by atoms with Gasteiger partial charge in [0.25, 0.3) is 0 Å². The predicted molar refractivity (Wildman–Crippen MR) is 215 cm³/mol. The van der Waals surface area contributed by atoms with Gasteiger partial charge >= 0.3 is 0 Å². The highest BCUT2D eigenvalue weighted by Crippen LogP contribution is 2.42. The molecular formula is C46H29NS2. The fourth-order valence-electron chi connectivity index (χ4n) is 7.24. The Kier molecular flexibility index (Phi) is 6.61. The van der Waals surface area contributed by atoms with Crippen LogP contribution in [0, 0.1) is 0 Å². The molecule has 2 heterocycles. The number of rotatable bonds is 5. The first-order valence-electron chi connectivity index (χ1n) is 16.6. The van der Waals surface area contributed by atoms with E-state index in [1.165, 1.54) is 73.4 Å². The van der Waals surface area contributed by atoms with Gasteiger partial charge in [-0.2, -0.15) is 0 Å². The van der Waals surface area contributed by atoms with Gasteiger partial charge in [-0.25, -0.2) is 0 Å². The lowest BCUT2D eigenvalue weighted by atomic mass is 10.0. The van der Waals surface area contributed by atoms with Crippen LogP contribution in [0.4, 0.5) is 17.1 Å². The molecule has 0 saturated heterocycles. The third-order valence-electron chi connectivity index (χ3n) is 9.67. The molecule has 49 heavy (non-hydrogen) atoms. The van der Waals surface area contributed by atoms with Crippen molar-refractivity contribution in [2.45, 2.75) is 0 Å². The monoisotopic (exact) mass is 659 g/mol. The molecule has 0 saturated carbocycles. The van der Waals surface area contributed by atoms with Crippen molar-refractivity contribution in [1.29, 1.82) is 0 Å². The lowest BCUT2D eigenvalue weighted by molar-refractivity contribution is 1.29. The van der Waals surface area contributed by atoms with Crippen LogP contribution in [0.2, 0.25) is 0 Å². The second-order valence-electron chi connectivity index (χ2n) is 12.6. The summed E-state index contributed by atoms with van der Waals surface area (Å²) in [5.41, 5.74) is 8.35. The third kappa shape index (κ3) is 4.82. The van der Waals surface area contributed by atoms with E-state index in [-0.39, 0.29) is 0 Å². The summed E-state index contributed by atoms with van der Waals surface area (Å²) in [5, 5.41) is 7.78. The van der Waals surface area contributed by atoms with Crippen LogP contribution >= 0.6 is 22.7 Å². The van der Waals surface area contributed by atoms with E-state index in [2.05, 4.69) is 181 Å². The zero-order valence-electron chi connectivity index (χ0n) is 26.5. The van der Waals surface area contributed by atoms with Crippen molar-refractivity contribution in [1.82, 2.24) is 0 Å². The molecule has 0 N–H and O–H groups in total. The number of benzene rings is 8. The Hall–Kier alpha value is -5.74. The van der Waals surface area contributed by atoms with Crippen LogP contribution in [0.3, 0.4) is 0 Å². The molecule has 10 rings (SSSR count). The maximum absolute atomic E-state index is 2.37. The largest absolute Gasteiger partial charge is 0.310 e. The molecule has 0 atom stereocenters. The highest BCUT2D eigenvalue weighted by Gasteiger charge is 2.16. The first-order chi connectivity index (χ1) is 24.3. The topological polar surface area (TPSA) is 3.24 Å². The second kappa shape index (κ2) is 11.5. The lowest BCUT2D eigenvalue weighted by Gasteiger charge is -2.26. The molecule has 0 spiro atoms. The molecule has 0 radical (unpaired) electrons. The van der Waals surface area contributed by atoms with Crippen molar-refractivity contribution in [3.63, 3.8) is 0 Å². The minimum atomic E-state index is 1.13. The first kappa shape index (κ1) is 28.3. The number of thiophene rings is 2. The van der Waals surface area contributed by atoms with Gasteiger partial charge in [0.05, 0.1) is 0 Å². The van der Waals surface area contributed by atoms with Gasteiger partial charge in [0.2, 0.25) is 0 Å². The quantitative estimate of drug-likeness (QED) is 0.178. The van der Waals surface area contributed by atoms with Gasteiger partial charge in [-0.15, -0.1) is 22.7 Å². The molecule has 0 aliphatic heterocycles. The molecule has 0 aliphatic rings. The van der Waals surface area contributed by atoms with Gasteiger partial charge in [-0.05, 0) is 93.7 Å². The minimum absolute atomic E-state index is 1.13. The van der Waals surface area contributed by atoms with E-state index >= 15 is 0 Å². The molecule has 0 unspecified atom stereocenters. The van der Waals surface area contributed by atoms with Gasteiger partial charge < -0.3 is 4.90 Å². The Morgan fingerprint density at radius 3 is 1.67 bits per heavy atom. The van der Waals surface area contributed by atoms with Crippen LogP contribution in [0.1, 0.15) is 0 Å². The SMILES string of the molecule is c1ccc2cc(N(c3ccc(-c4ccc5sc6ccccc6c5c4)cc3)c3ccc(-c4cccc5c4sc4ccccc45)cc3)ccc2c1. The Labute approximate surface area is 292 Å². The van der Waals surface area contributed by atoms with Gasteiger partial charge in [-0.1, -0.05) is 115 Å². The van der Waals surface area contributed by atoms with Crippen molar-refractivity contribution >= 4 is 90.9 Å². The standard InChI is InChI=1S/C46H29NS2/c1-2-9-33-28-37(26-18-30(33)8-1)47(35-22-16-31(17-23-35)34-21-27-45-42(29-34)40-11-4-5-14-43(40)48-45)36-24-19-32(20-25-36)38-12-7-13-41-39-10-3-6-15-44(39)49-46(38)41/h1-29H. The van der Waals surface area contributed by atoms with Crippen molar-refractivity contribution in [2.75, 3.05) is 4.90 Å². The summed E-state index contributed by atoms with van der Waals surface area (Å²) in [6.07, 6.45) is 0. The lowest BCUT2D eigenvalue weighted by Crippen LogP contribution is -2.09. The summed E-state index contributed by atoms with van der Waals surface area (Å²) in [5.74, 6) is 0. The van der Waals surface area contributed by atoms with E-state index in [0.717, 1.165) is 17.1 Å². The van der Waals surface area contributed by atoms with Crippen LogP contribution in [-0.2, 0) is 0 Å². The molecule has 0 bridgehead atoms. The fourth-order valence-corrected chi connectivity index (χ4v) is 9.56. The van der Waals surface area contributed by atoms with E-state index in [0.29, 0.717) is 0 Å². The Morgan fingerprint density at radius 2 is 0.898 bits per heavy atom. The van der Waals surface area contributed by atoms with Crippen molar-refractivity contribution in [3.05, 3.63) is 176 Å². The zero-order chi connectivity index (χ0) is 32.3. The summed E-state index contributed by atoms with van der Waals surface area (Å²) in [6.45, 7) is 0. The van der Waals surface area contributed by atoms with E-state index < -0.39 is 0 Å². The molecule has 0 aliphatic carbocycles. The first-order valence-corrected chi connectivity index (χ1v) is 18.2. The van der Waals surface area contributed by atoms with Crippen molar-refractivity contribution < 1.29 is 0 Å². The van der Waals surface area contributed by atoms with Crippen LogP contribution < -0.4 is 4.90 Å². The van der Waals surface area contributed by atoms with Crippen LogP contribution in [0.5, 0.6) is 0 Å². The number of fused-ring (bicyclic) bond motifs is 7. The molecule has 2 aromatic heterocycles. The molecule has 3 heteroatoms. The number of nitrogens with zero attached hydrogens (tertiary/aromatic N) is 1. The molecule has 0 fully saturated rings. The Bertz CT molecular complexity index is 2820. The summed E-state index contributed by atoms with van der Waals surface area (Å²) >= 11 is 3.74. The highest BCUT2D eigenvalue weighted by atomic mass is 32.1. The molecule has 8 aromatic carbocycles. The zero-order valence-corrected chi connectivity index (χ0v) is 28.1. The molecule has 230 valence electrons. The number of hydrogen-bond acceptors (Lipinski definition) is 3. The predicted octanol–water partition coefficient (Wildman–Crippen LogP) is 14.4. The smallest absolute Gasteiger partial charge is 0.0468 e. The summed E-state index contributed by atoms with van der Waals surface area (Å²) < 4.78 is 5.33. The Morgan fingerprint density at radius 1 is 0.327 bits per heavy atom. The third-order valence-corrected chi connectivity index (χ3v) is 12.0. The average molecular weight is 660 g/mol. The summed E-state index contributed by atoms with van der Waals surface area (Å²) in [4.78, 5) is 2.37. The maximum atomic E-state index is 2.37. The normalized spacial score (nSPS) is 11.7. The molecule has 10 aromatic rings. The average Bonchev–Trinajstić information content (AvgIpc) is 3.74. The highest BCUT2D eigenvalue weighted by molar-refractivity contribution is 7.26. The maximum Gasteiger partial charge on any atom is 0.0468 e. The van der Waals surface area contributed by atoms with E-state index in [1.54, 1.807) is 0 Å². The minimum Gasteiger partial charge on any atom is -0.310 e. The van der Waals surface area contributed by atoms with Gasteiger partial charge in [0.1, 0.15) is 0 Å². The van der Waals surface area contributed by atoms with Gasteiger partial charge in [0.15, 0.2) is 0 Å². The molecule has 1 nitrogen and oxygen atoms in total. The van der Waals surface area contributed by atoms with Crippen LogP contribution in [-0.4, -0.2) is 0 Å². The summed E-state index contributed by atoms with van der Waals surface area (Å²) in [6, 6.07) is 64.4. The van der Waals surface area contributed by atoms with Crippen molar-refractivity contribution in [2.24, 2.45) is 0 Å². The number of anilines is 3. The van der Waals surface area contributed by atoms with E-state index in [1.807, 2.05) is 22.7 Å². The number of hydrogen-bond donors (Lipinski definition) is 0. The van der Waals surface area contributed by atoms with E-state index in [4.69, 9.17) is 0 Å². The molecular weight excluding hydrogens is 631 g/mol. The van der Waals surface area contributed by atoms with Gasteiger partial charge in [0, 0.05) is 57.4 Å². The van der Waals surface area contributed by atoms with Crippen LogP contribution in [0.15, 0.2) is 176 Å². The van der Waals surface area contributed by atoms with Crippen molar-refractivity contribution in [3.8, 4) is 22.3 Å². The van der Waals surface area contributed by atoms with Crippen LogP contribution in [0.25, 0.3) is 73.4 Å². The second-order valence-corrected chi connectivity index (χ2v) is 14.7. The molecule has 0 amide bonds. The Balaban J connectivity index is 1.06.